The van der Waals surface area contributed by atoms with Crippen molar-refractivity contribution in [1.82, 2.24) is 5.32 Å². The van der Waals surface area contributed by atoms with Crippen molar-refractivity contribution in [1.29, 1.82) is 0 Å². The van der Waals surface area contributed by atoms with E-state index < -0.39 is 0 Å². The highest BCUT2D eigenvalue weighted by atomic mass is 19.1. The largest absolute Gasteiger partial charge is 0.348 e. The second-order valence-electron chi connectivity index (χ2n) is 3.35. The molecule has 0 unspecified atom stereocenters. The Morgan fingerprint density at radius 2 is 1.93 bits per heavy atom. The van der Waals surface area contributed by atoms with Gasteiger partial charge in [-0.3, -0.25) is 4.79 Å². The number of rotatable bonds is 0. The second kappa shape index (κ2) is 4.43. The van der Waals surface area contributed by atoms with Crippen molar-refractivity contribution >= 4 is 5.91 Å². The third kappa shape index (κ3) is 1.87. The number of amides is 1. The summed E-state index contributed by atoms with van der Waals surface area (Å²) in [4.78, 5) is 11.2. The molecule has 0 atom stereocenters. The molecule has 1 heterocycles. The maximum Gasteiger partial charge on any atom is 0.254 e. The van der Waals surface area contributed by atoms with E-state index in [-0.39, 0.29) is 17.3 Å². The molecule has 0 aliphatic carbocycles. The lowest BCUT2D eigenvalue weighted by Crippen LogP contribution is -2.13. The summed E-state index contributed by atoms with van der Waals surface area (Å²) < 4.78 is 13.6. The first kappa shape index (κ1) is 11.7. The number of hydrogen-bond donors (Lipinski definition) is 1. The van der Waals surface area contributed by atoms with Crippen LogP contribution in [0.4, 0.5) is 4.39 Å². The third-order valence-electron chi connectivity index (χ3n) is 2.52. The Kier molecular flexibility index (Phi) is 3.45. The highest BCUT2D eigenvalue weighted by Gasteiger charge is 2.24. The highest BCUT2D eigenvalue weighted by molar-refractivity contribution is 5.98. The van der Waals surface area contributed by atoms with E-state index in [4.69, 9.17) is 0 Å². The highest BCUT2D eigenvalue weighted by Crippen LogP contribution is 2.24. The lowest BCUT2D eigenvalue weighted by Gasteiger charge is -2.05. The normalized spacial score (nSPS) is 12.7. The van der Waals surface area contributed by atoms with Gasteiger partial charge in [0.25, 0.3) is 5.91 Å². The van der Waals surface area contributed by atoms with Crippen LogP contribution in [-0.4, -0.2) is 5.91 Å². The maximum atomic E-state index is 13.6. The lowest BCUT2D eigenvalue weighted by molar-refractivity contribution is 0.0962. The molecule has 0 bridgehead atoms. The molecule has 0 saturated carbocycles. The fourth-order valence-corrected chi connectivity index (χ4v) is 1.59. The predicted octanol–water partition coefficient (Wildman–Crippen LogP) is 2.71. The summed E-state index contributed by atoms with van der Waals surface area (Å²) in [5, 5.41) is 2.60. The van der Waals surface area contributed by atoms with E-state index in [1.54, 1.807) is 6.92 Å². The molecule has 1 N–H and O–H groups in total. The van der Waals surface area contributed by atoms with E-state index in [0.29, 0.717) is 12.1 Å². The van der Waals surface area contributed by atoms with Crippen molar-refractivity contribution in [2.75, 3.05) is 0 Å². The summed E-state index contributed by atoms with van der Waals surface area (Å²) in [5.74, 6) is -0.666. The van der Waals surface area contributed by atoms with Crippen LogP contribution in [0.25, 0.3) is 0 Å². The smallest absolute Gasteiger partial charge is 0.254 e. The molecule has 15 heavy (non-hydrogen) atoms. The van der Waals surface area contributed by atoms with Gasteiger partial charge in [0.15, 0.2) is 0 Å². The van der Waals surface area contributed by atoms with Crippen LogP contribution in [0.1, 0.15) is 40.9 Å². The summed E-state index contributed by atoms with van der Waals surface area (Å²) >= 11 is 0. The molecule has 82 valence electrons. The van der Waals surface area contributed by atoms with Gasteiger partial charge < -0.3 is 5.32 Å². The van der Waals surface area contributed by atoms with Gasteiger partial charge in [-0.2, -0.15) is 0 Å². The van der Waals surface area contributed by atoms with Crippen LogP contribution in [0, 0.1) is 19.7 Å². The molecular formula is C12H16FNO. The van der Waals surface area contributed by atoms with Gasteiger partial charge in [-0.25, -0.2) is 4.39 Å². The fourth-order valence-electron chi connectivity index (χ4n) is 1.59. The number of nitrogens with one attached hydrogen (secondary N) is 1. The topological polar surface area (TPSA) is 29.1 Å². The summed E-state index contributed by atoms with van der Waals surface area (Å²) in [6.45, 7) is 7.99. The average molecular weight is 209 g/mol. The number of hydrogen-bond acceptors (Lipinski definition) is 1. The number of fused-ring (bicyclic) bond motifs is 1. The first-order chi connectivity index (χ1) is 7.11. The van der Waals surface area contributed by atoms with Crippen LogP contribution >= 0.6 is 0 Å². The van der Waals surface area contributed by atoms with Crippen LogP contribution in [0.15, 0.2) is 6.07 Å². The summed E-state index contributed by atoms with van der Waals surface area (Å²) in [7, 11) is 0. The van der Waals surface area contributed by atoms with E-state index in [0.717, 1.165) is 11.1 Å². The molecule has 1 aromatic rings. The van der Waals surface area contributed by atoms with E-state index in [9.17, 15) is 9.18 Å². The number of halogens is 1. The van der Waals surface area contributed by atoms with Crippen LogP contribution < -0.4 is 5.32 Å². The number of carbonyl (C=O) groups is 1. The van der Waals surface area contributed by atoms with Crippen molar-refractivity contribution in [3.8, 4) is 0 Å². The van der Waals surface area contributed by atoms with Gasteiger partial charge in [-0.15, -0.1) is 0 Å². The number of carbonyl (C=O) groups excluding carboxylic acids is 1. The summed E-state index contributed by atoms with van der Waals surface area (Å²) in [6.07, 6.45) is 0. The molecule has 3 heteroatoms. The van der Waals surface area contributed by atoms with Crippen molar-refractivity contribution < 1.29 is 9.18 Å². The lowest BCUT2D eigenvalue weighted by atomic mass is 10.0. The minimum Gasteiger partial charge on any atom is -0.348 e. The molecule has 1 amide bonds. The fraction of sp³-hybridized carbons (Fsp3) is 0.417. The first-order valence-corrected chi connectivity index (χ1v) is 5.18. The van der Waals surface area contributed by atoms with Crippen molar-refractivity contribution in [3.05, 3.63) is 34.1 Å². The number of benzene rings is 1. The second-order valence-corrected chi connectivity index (χ2v) is 3.35. The van der Waals surface area contributed by atoms with Crippen LogP contribution in [0.5, 0.6) is 0 Å². The standard InChI is InChI=1S/C10H10FNO.C2H6/c1-5-3-7-4-12-10(13)8(7)9(11)6(5)2;1-2/h3H,4H2,1-2H3,(H,12,13);1-2H3. The van der Waals surface area contributed by atoms with Crippen LogP contribution in [-0.2, 0) is 6.54 Å². The van der Waals surface area contributed by atoms with Crippen LogP contribution in [0.3, 0.4) is 0 Å². The number of aryl methyl sites for hydroxylation is 1. The molecule has 0 fully saturated rings. The SMILES string of the molecule is CC.Cc1cc2c(c(F)c1C)C(=O)NC2. The van der Waals surface area contributed by atoms with Crippen molar-refractivity contribution in [3.63, 3.8) is 0 Å². The van der Waals surface area contributed by atoms with Crippen molar-refractivity contribution in [2.24, 2.45) is 0 Å². The Hall–Kier alpha value is -1.38. The van der Waals surface area contributed by atoms with E-state index >= 15 is 0 Å². The Morgan fingerprint density at radius 1 is 1.33 bits per heavy atom. The third-order valence-corrected chi connectivity index (χ3v) is 2.52. The zero-order chi connectivity index (χ0) is 11.6. The molecule has 1 aliphatic heterocycles. The minimum atomic E-state index is -0.370. The monoisotopic (exact) mass is 209 g/mol. The molecule has 1 aliphatic rings. The Labute approximate surface area is 89.5 Å². The Bertz CT molecular complexity index is 399. The van der Waals surface area contributed by atoms with Gasteiger partial charge in [0.1, 0.15) is 5.82 Å². The van der Waals surface area contributed by atoms with Gasteiger partial charge in [-0.05, 0) is 30.5 Å². The van der Waals surface area contributed by atoms with Gasteiger partial charge in [0.2, 0.25) is 0 Å². The molecule has 0 radical (unpaired) electrons. The molecule has 2 nitrogen and oxygen atoms in total. The molecule has 2 rings (SSSR count). The van der Waals surface area contributed by atoms with Gasteiger partial charge in [0, 0.05) is 6.54 Å². The quantitative estimate of drug-likeness (QED) is 0.699. The Morgan fingerprint density at radius 3 is 2.53 bits per heavy atom. The van der Waals surface area contributed by atoms with Crippen LogP contribution in [0.2, 0.25) is 0 Å². The summed E-state index contributed by atoms with van der Waals surface area (Å²) in [5.41, 5.74) is 2.46. The average Bonchev–Trinajstić information content (AvgIpc) is 2.60. The minimum absolute atomic E-state index is 0.225. The molecule has 0 saturated heterocycles. The van der Waals surface area contributed by atoms with E-state index in [2.05, 4.69) is 5.32 Å². The molecular weight excluding hydrogens is 193 g/mol. The van der Waals surface area contributed by atoms with Gasteiger partial charge in [-0.1, -0.05) is 19.9 Å². The van der Waals surface area contributed by atoms with Gasteiger partial charge in [0.05, 0.1) is 5.56 Å². The Balaban J connectivity index is 0.000000531. The maximum absolute atomic E-state index is 13.6. The molecule has 0 aromatic heterocycles. The molecule has 0 spiro atoms. The zero-order valence-corrected chi connectivity index (χ0v) is 9.57. The zero-order valence-electron chi connectivity index (χ0n) is 9.57. The molecule has 1 aromatic carbocycles. The van der Waals surface area contributed by atoms with E-state index in [1.807, 2.05) is 26.8 Å². The van der Waals surface area contributed by atoms with Gasteiger partial charge >= 0.3 is 0 Å². The summed E-state index contributed by atoms with van der Waals surface area (Å²) in [6, 6.07) is 1.87. The van der Waals surface area contributed by atoms with E-state index in [1.165, 1.54) is 0 Å². The van der Waals surface area contributed by atoms with Crippen molar-refractivity contribution in [2.45, 2.75) is 34.2 Å². The predicted molar refractivity (Wildman–Crippen MR) is 58.4 cm³/mol. The first-order valence-electron chi connectivity index (χ1n) is 5.18.